The van der Waals surface area contributed by atoms with Crippen molar-refractivity contribution in [3.05, 3.63) is 11.9 Å². The minimum atomic E-state index is 0.441. The van der Waals surface area contributed by atoms with E-state index in [0.29, 0.717) is 12.4 Å². The molecule has 1 aliphatic carbocycles. The predicted octanol–water partition coefficient (Wildman–Crippen LogP) is 3.05. The Labute approximate surface area is 121 Å². The second-order valence-corrected chi connectivity index (χ2v) is 5.38. The van der Waals surface area contributed by atoms with E-state index in [1.165, 1.54) is 32.1 Å². The van der Waals surface area contributed by atoms with Crippen LogP contribution in [0.5, 0.6) is 0 Å². The Morgan fingerprint density at radius 2 is 1.90 bits per heavy atom. The molecule has 0 atom stereocenters. The molecule has 0 aromatic carbocycles. The molecule has 1 aromatic rings. The van der Waals surface area contributed by atoms with Crippen LogP contribution < -0.4 is 10.6 Å². The Morgan fingerprint density at radius 3 is 2.55 bits per heavy atom. The number of nitrogens with zero attached hydrogens (tertiary/aromatic N) is 2. The van der Waals surface area contributed by atoms with E-state index in [1.807, 2.05) is 6.07 Å². The Kier molecular flexibility index (Phi) is 6.05. The maximum absolute atomic E-state index is 5.12. The number of methoxy groups -OCH3 is 1. The lowest BCUT2D eigenvalue weighted by atomic mass is 10.0. The van der Waals surface area contributed by atoms with E-state index in [9.17, 15) is 0 Å². The van der Waals surface area contributed by atoms with Gasteiger partial charge in [0.25, 0.3) is 0 Å². The lowest BCUT2D eigenvalue weighted by Crippen LogP contribution is -2.11. The maximum Gasteiger partial charge on any atom is 0.158 e. The van der Waals surface area contributed by atoms with Gasteiger partial charge in [-0.3, -0.25) is 0 Å². The van der Waals surface area contributed by atoms with Gasteiger partial charge >= 0.3 is 0 Å². The molecule has 20 heavy (non-hydrogen) atoms. The van der Waals surface area contributed by atoms with E-state index in [1.54, 1.807) is 7.11 Å². The third-order valence-corrected chi connectivity index (χ3v) is 3.74. The molecule has 0 unspecified atom stereocenters. The number of rotatable bonds is 8. The Morgan fingerprint density at radius 1 is 1.20 bits per heavy atom. The fourth-order valence-electron chi connectivity index (χ4n) is 2.76. The van der Waals surface area contributed by atoms with Gasteiger partial charge in [0.05, 0.1) is 0 Å². The summed E-state index contributed by atoms with van der Waals surface area (Å²) in [5.74, 6) is 3.37. The minimum Gasteiger partial charge on any atom is -0.377 e. The van der Waals surface area contributed by atoms with Crippen LogP contribution in [0.4, 0.5) is 11.6 Å². The third-order valence-electron chi connectivity index (χ3n) is 3.74. The first-order chi connectivity index (χ1) is 9.81. The average Bonchev–Trinajstić information content (AvgIpc) is 2.92. The average molecular weight is 278 g/mol. The molecule has 0 bridgehead atoms. The van der Waals surface area contributed by atoms with Gasteiger partial charge in [-0.1, -0.05) is 25.7 Å². The third kappa shape index (κ3) is 4.63. The molecule has 2 N–H and O–H groups in total. The number of nitrogens with one attached hydrogen (secondary N) is 2. The number of anilines is 2. The molecule has 2 rings (SSSR count). The fraction of sp³-hybridized carbons (Fsp3) is 0.733. The largest absolute Gasteiger partial charge is 0.377 e. The van der Waals surface area contributed by atoms with Gasteiger partial charge in [-0.25, -0.2) is 9.97 Å². The summed E-state index contributed by atoms with van der Waals surface area (Å²) in [7, 11) is 1.66. The van der Waals surface area contributed by atoms with Crippen molar-refractivity contribution < 1.29 is 4.74 Å². The van der Waals surface area contributed by atoms with Crippen LogP contribution in [0.15, 0.2) is 6.07 Å². The summed E-state index contributed by atoms with van der Waals surface area (Å²) in [4.78, 5) is 8.89. The molecule has 1 fully saturated rings. The standard InChI is InChI=1S/C15H26N4O/c1-3-16-13-10-14(19-15(18-13)11-20-2)17-9-8-12-6-4-5-7-12/h10,12H,3-9,11H2,1-2H3,(H2,16,17,18,19). The normalized spacial score (nSPS) is 15.5. The predicted molar refractivity (Wildman–Crippen MR) is 82.0 cm³/mol. The lowest BCUT2D eigenvalue weighted by Gasteiger charge is -2.12. The van der Waals surface area contributed by atoms with E-state index < -0.39 is 0 Å². The Bertz CT molecular complexity index is 381. The van der Waals surface area contributed by atoms with Crippen LogP contribution in [0.2, 0.25) is 0 Å². The van der Waals surface area contributed by atoms with Crippen molar-refractivity contribution in [2.45, 2.75) is 45.6 Å². The SMILES string of the molecule is CCNc1cc(NCCC2CCCC2)nc(COC)n1. The quantitative estimate of drug-likeness (QED) is 0.765. The zero-order valence-corrected chi connectivity index (χ0v) is 12.6. The topological polar surface area (TPSA) is 59.1 Å². The highest BCUT2D eigenvalue weighted by molar-refractivity contribution is 5.47. The molecule has 5 heteroatoms. The van der Waals surface area contributed by atoms with Crippen molar-refractivity contribution in [3.8, 4) is 0 Å². The van der Waals surface area contributed by atoms with Crippen molar-refractivity contribution in [1.82, 2.24) is 9.97 Å². The molecule has 1 saturated carbocycles. The summed E-state index contributed by atoms with van der Waals surface area (Å²) in [6.07, 6.45) is 6.83. The number of hydrogen-bond acceptors (Lipinski definition) is 5. The second-order valence-electron chi connectivity index (χ2n) is 5.38. The van der Waals surface area contributed by atoms with Gasteiger partial charge in [0.15, 0.2) is 5.82 Å². The summed E-state index contributed by atoms with van der Waals surface area (Å²) in [5, 5.41) is 6.65. The van der Waals surface area contributed by atoms with Gasteiger partial charge in [0.2, 0.25) is 0 Å². The number of ether oxygens (including phenoxy) is 1. The molecular weight excluding hydrogens is 252 g/mol. The van der Waals surface area contributed by atoms with Crippen molar-refractivity contribution in [2.75, 3.05) is 30.8 Å². The molecule has 0 amide bonds. The molecule has 0 radical (unpaired) electrons. The van der Waals surface area contributed by atoms with Gasteiger partial charge in [0, 0.05) is 26.3 Å². The minimum absolute atomic E-state index is 0.441. The zero-order chi connectivity index (χ0) is 14.2. The van der Waals surface area contributed by atoms with E-state index in [0.717, 1.165) is 30.6 Å². The van der Waals surface area contributed by atoms with E-state index in [-0.39, 0.29) is 0 Å². The summed E-state index contributed by atoms with van der Waals surface area (Å²) >= 11 is 0. The van der Waals surface area contributed by atoms with Crippen LogP contribution in [0.3, 0.4) is 0 Å². The molecular formula is C15H26N4O. The summed E-state index contributed by atoms with van der Waals surface area (Å²) in [6.45, 7) is 4.34. The maximum atomic E-state index is 5.12. The molecule has 0 spiro atoms. The van der Waals surface area contributed by atoms with Crippen LogP contribution in [0.25, 0.3) is 0 Å². The van der Waals surface area contributed by atoms with Crippen LogP contribution >= 0.6 is 0 Å². The van der Waals surface area contributed by atoms with E-state index >= 15 is 0 Å². The summed E-state index contributed by atoms with van der Waals surface area (Å²) < 4.78 is 5.12. The van der Waals surface area contributed by atoms with Crippen molar-refractivity contribution in [1.29, 1.82) is 0 Å². The molecule has 1 aromatic heterocycles. The van der Waals surface area contributed by atoms with Crippen molar-refractivity contribution >= 4 is 11.6 Å². The van der Waals surface area contributed by atoms with Crippen LogP contribution in [-0.2, 0) is 11.3 Å². The summed E-state index contributed by atoms with van der Waals surface area (Å²) in [5.41, 5.74) is 0. The highest BCUT2D eigenvalue weighted by Crippen LogP contribution is 2.27. The highest BCUT2D eigenvalue weighted by Gasteiger charge is 2.14. The number of aromatic nitrogens is 2. The molecule has 1 heterocycles. The summed E-state index contributed by atoms with van der Waals surface area (Å²) in [6, 6.07) is 1.97. The van der Waals surface area contributed by atoms with Crippen LogP contribution in [0, 0.1) is 5.92 Å². The fourth-order valence-corrected chi connectivity index (χ4v) is 2.76. The van der Waals surface area contributed by atoms with Crippen molar-refractivity contribution in [2.24, 2.45) is 5.92 Å². The van der Waals surface area contributed by atoms with Crippen LogP contribution in [-0.4, -0.2) is 30.2 Å². The van der Waals surface area contributed by atoms with Gasteiger partial charge in [-0.05, 0) is 19.3 Å². The van der Waals surface area contributed by atoms with Gasteiger partial charge in [-0.15, -0.1) is 0 Å². The molecule has 1 aliphatic rings. The smallest absolute Gasteiger partial charge is 0.158 e. The van der Waals surface area contributed by atoms with Gasteiger partial charge < -0.3 is 15.4 Å². The zero-order valence-electron chi connectivity index (χ0n) is 12.6. The van der Waals surface area contributed by atoms with Gasteiger partial charge in [-0.2, -0.15) is 0 Å². The molecule has 5 nitrogen and oxygen atoms in total. The monoisotopic (exact) mass is 278 g/mol. The Balaban J connectivity index is 1.90. The first-order valence-corrected chi connectivity index (χ1v) is 7.66. The molecule has 112 valence electrons. The van der Waals surface area contributed by atoms with Crippen LogP contribution in [0.1, 0.15) is 44.9 Å². The van der Waals surface area contributed by atoms with Gasteiger partial charge in [0.1, 0.15) is 18.2 Å². The van der Waals surface area contributed by atoms with Crippen molar-refractivity contribution in [3.63, 3.8) is 0 Å². The second kappa shape index (κ2) is 8.04. The first-order valence-electron chi connectivity index (χ1n) is 7.66. The van der Waals surface area contributed by atoms with E-state index in [4.69, 9.17) is 4.74 Å². The first kappa shape index (κ1) is 15.0. The highest BCUT2D eigenvalue weighted by atomic mass is 16.5. The molecule has 0 aliphatic heterocycles. The number of hydrogen-bond donors (Lipinski definition) is 2. The lowest BCUT2D eigenvalue weighted by molar-refractivity contribution is 0.178. The Hall–Kier alpha value is -1.36. The van der Waals surface area contributed by atoms with E-state index in [2.05, 4.69) is 27.5 Å². The molecule has 0 saturated heterocycles.